The van der Waals surface area contributed by atoms with Gasteiger partial charge in [0.05, 0.1) is 0 Å². The first-order valence-electron chi connectivity index (χ1n) is 5.08. The molecule has 1 amide bonds. The predicted octanol–water partition coefficient (Wildman–Crippen LogP) is 1.27. The molecule has 0 aliphatic carbocycles. The smallest absolute Gasteiger partial charge is 0.254 e. The number of rotatable bonds is 1. The SMILES string of the molecule is COCC#Cc1ccc2c(c1)CN(C)C2=O. The molecule has 1 heterocycles. The molecule has 2 rings (SSSR count). The highest BCUT2D eigenvalue weighted by molar-refractivity contribution is 5.98. The maximum absolute atomic E-state index is 11.6. The lowest BCUT2D eigenvalue weighted by molar-refractivity contribution is 0.0816. The van der Waals surface area contributed by atoms with Crippen LogP contribution in [-0.2, 0) is 11.3 Å². The number of hydrogen-bond acceptors (Lipinski definition) is 2. The third-order valence-electron chi connectivity index (χ3n) is 2.54. The van der Waals surface area contributed by atoms with Crippen molar-refractivity contribution in [3.63, 3.8) is 0 Å². The lowest BCUT2D eigenvalue weighted by atomic mass is 10.1. The molecule has 0 radical (unpaired) electrons. The highest BCUT2D eigenvalue weighted by Crippen LogP contribution is 2.22. The first kappa shape index (κ1) is 10.7. The molecule has 3 nitrogen and oxygen atoms in total. The molecule has 82 valence electrons. The van der Waals surface area contributed by atoms with Crippen LogP contribution >= 0.6 is 0 Å². The van der Waals surface area contributed by atoms with E-state index >= 15 is 0 Å². The van der Waals surface area contributed by atoms with Gasteiger partial charge in [-0.15, -0.1) is 0 Å². The van der Waals surface area contributed by atoms with Gasteiger partial charge >= 0.3 is 0 Å². The van der Waals surface area contributed by atoms with Crippen molar-refractivity contribution < 1.29 is 9.53 Å². The molecule has 0 atom stereocenters. The third-order valence-corrected chi connectivity index (χ3v) is 2.54. The summed E-state index contributed by atoms with van der Waals surface area (Å²) in [5, 5.41) is 0. The summed E-state index contributed by atoms with van der Waals surface area (Å²) >= 11 is 0. The summed E-state index contributed by atoms with van der Waals surface area (Å²) in [4.78, 5) is 13.3. The van der Waals surface area contributed by atoms with Crippen molar-refractivity contribution >= 4 is 5.91 Å². The van der Waals surface area contributed by atoms with Crippen LogP contribution in [0.2, 0.25) is 0 Å². The van der Waals surface area contributed by atoms with Crippen LogP contribution in [0.25, 0.3) is 0 Å². The zero-order valence-electron chi connectivity index (χ0n) is 9.41. The summed E-state index contributed by atoms with van der Waals surface area (Å²) in [6, 6.07) is 5.69. The lowest BCUT2D eigenvalue weighted by Gasteiger charge is -2.04. The van der Waals surface area contributed by atoms with Crippen LogP contribution in [0.5, 0.6) is 0 Å². The second kappa shape index (κ2) is 4.38. The Balaban J connectivity index is 2.26. The van der Waals surface area contributed by atoms with Gasteiger partial charge in [0.2, 0.25) is 0 Å². The molecule has 0 spiro atoms. The summed E-state index contributed by atoms with van der Waals surface area (Å²) in [5.41, 5.74) is 2.77. The number of fused-ring (bicyclic) bond motifs is 1. The van der Waals surface area contributed by atoms with E-state index in [9.17, 15) is 4.79 Å². The molecule has 16 heavy (non-hydrogen) atoms. The predicted molar refractivity (Wildman–Crippen MR) is 61.0 cm³/mol. The lowest BCUT2D eigenvalue weighted by Crippen LogP contribution is -2.17. The Morgan fingerprint density at radius 3 is 3.06 bits per heavy atom. The van der Waals surface area contributed by atoms with E-state index in [0.29, 0.717) is 13.2 Å². The van der Waals surface area contributed by atoms with Crippen LogP contribution in [0, 0.1) is 11.8 Å². The van der Waals surface area contributed by atoms with E-state index in [-0.39, 0.29) is 5.91 Å². The van der Waals surface area contributed by atoms with Gasteiger partial charge in [0.1, 0.15) is 6.61 Å². The summed E-state index contributed by atoms with van der Waals surface area (Å²) in [6.07, 6.45) is 0. The Bertz CT molecular complexity index is 482. The molecule has 1 aliphatic rings. The molecule has 1 aromatic carbocycles. The van der Waals surface area contributed by atoms with Crippen LogP contribution in [0.4, 0.5) is 0 Å². The van der Waals surface area contributed by atoms with Gasteiger partial charge in [0, 0.05) is 31.8 Å². The molecule has 0 N–H and O–H groups in total. The minimum atomic E-state index is 0.0893. The van der Waals surface area contributed by atoms with Crippen molar-refractivity contribution in [3.05, 3.63) is 34.9 Å². The standard InChI is InChI=1S/C13H13NO2/c1-14-9-11-8-10(4-3-7-16-2)5-6-12(11)13(14)15/h5-6,8H,7,9H2,1-2H3. The van der Waals surface area contributed by atoms with Gasteiger partial charge in [-0.2, -0.15) is 0 Å². The molecule has 0 saturated heterocycles. The Morgan fingerprint density at radius 1 is 1.50 bits per heavy atom. The average Bonchev–Trinajstić information content (AvgIpc) is 2.55. The molecule has 0 saturated carbocycles. The zero-order chi connectivity index (χ0) is 11.5. The highest BCUT2D eigenvalue weighted by atomic mass is 16.5. The Morgan fingerprint density at radius 2 is 2.31 bits per heavy atom. The summed E-state index contributed by atoms with van der Waals surface area (Å²) in [7, 11) is 3.42. The monoisotopic (exact) mass is 215 g/mol. The van der Waals surface area contributed by atoms with Gasteiger partial charge in [-0.25, -0.2) is 0 Å². The van der Waals surface area contributed by atoms with E-state index in [1.54, 1.807) is 19.1 Å². The maximum Gasteiger partial charge on any atom is 0.254 e. The van der Waals surface area contributed by atoms with Gasteiger partial charge < -0.3 is 9.64 Å². The van der Waals surface area contributed by atoms with Gasteiger partial charge in [0.25, 0.3) is 5.91 Å². The minimum Gasteiger partial charge on any atom is -0.372 e. The van der Waals surface area contributed by atoms with Crippen molar-refractivity contribution in [2.24, 2.45) is 0 Å². The molecule has 1 aliphatic heterocycles. The Kier molecular flexibility index (Phi) is 2.93. The van der Waals surface area contributed by atoms with Crippen LogP contribution < -0.4 is 0 Å². The second-order valence-corrected chi connectivity index (χ2v) is 3.77. The molecule has 0 aromatic heterocycles. The molecule has 3 heteroatoms. The first-order chi connectivity index (χ1) is 7.72. The maximum atomic E-state index is 11.6. The van der Waals surface area contributed by atoms with Gasteiger partial charge in [0.15, 0.2) is 0 Å². The molecule has 0 fully saturated rings. The molecule has 0 bridgehead atoms. The van der Waals surface area contributed by atoms with E-state index in [0.717, 1.165) is 16.7 Å². The van der Waals surface area contributed by atoms with E-state index in [1.807, 2.05) is 18.2 Å². The Labute approximate surface area is 95.0 Å². The van der Waals surface area contributed by atoms with Crippen LogP contribution in [0.1, 0.15) is 21.5 Å². The number of methoxy groups -OCH3 is 1. The topological polar surface area (TPSA) is 29.5 Å². The normalized spacial score (nSPS) is 13.4. The van der Waals surface area contributed by atoms with Crippen LogP contribution in [-0.4, -0.2) is 31.6 Å². The summed E-state index contributed by atoms with van der Waals surface area (Å²) < 4.78 is 4.85. The van der Waals surface area contributed by atoms with E-state index in [1.165, 1.54) is 0 Å². The van der Waals surface area contributed by atoms with Crippen molar-refractivity contribution in [2.45, 2.75) is 6.54 Å². The van der Waals surface area contributed by atoms with E-state index in [2.05, 4.69) is 11.8 Å². The van der Waals surface area contributed by atoms with Crippen LogP contribution in [0.3, 0.4) is 0 Å². The van der Waals surface area contributed by atoms with E-state index in [4.69, 9.17) is 4.74 Å². The number of carbonyl (C=O) groups is 1. The average molecular weight is 215 g/mol. The number of nitrogens with zero attached hydrogens (tertiary/aromatic N) is 1. The van der Waals surface area contributed by atoms with Crippen molar-refractivity contribution in [1.82, 2.24) is 4.90 Å². The van der Waals surface area contributed by atoms with Gasteiger partial charge in [-0.1, -0.05) is 11.8 Å². The fraction of sp³-hybridized carbons (Fsp3) is 0.308. The number of benzene rings is 1. The molecule has 0 unspecified atom stereocenters. The fourth-order valence-corrected chi connectivity index (χ4v) is 1.75. The quantitative estimate of drug-likeness (QED) is 0.660. The number of amides is 1. The second-order valence-electron chi connectivity index (χ2n) is 3.77. The van der Waals surface area contributed by atoms with Crippen molar-refractivity contribution in [1.29, 1.82) is 0 Å². The first-order valence-corrected chi connectivity index (χ1v) is 5.08. The van der Waals surface area contributed by atoms with Gasteiger partial charge in [-0.05, 0) is 23.8 Å². The summed E-state index contributed by atoms with van der Waals surface area (Å²) in [6.45, 7) is 1.10. The van der Waals surface area contributed by atoms with Crippen LogP contribution in [0.15, 0.2) is 18.2 Å². The zero-order valence-corrected chi connectivity index (χ0v) is 9.41. The van der Waals surface area contributed by atoms with Crippen molar-refractivity contribution in [3.8, 4) is 11.8 Å². The molecular formula is C13H13NO2. The third kappa shape index (κ3) is 1.93. The Hall–Kier alpha value is -1.79. The van der Waals surface area contributed by atoms with E-state index < -0.39 is 0 Å². The highest BCUT2D eigenvalue weighted by Gasteiger charge is 2.23. The number of hydrogen-bond donors (Lipinski definition) is 0. The summed E-state index contributed by atoms with van der Waals surface area (Å²) in [5.74, 6) is 5.98. The van der Waals surface area contributed by atoms with Crippen molar-refractivity contribution in [2.75, 3.05) is 20.8 Å². The molecule has 1 aromatic rings. The van der Waals surface area contributed by atoms with Gasteiger partial charge in [-0.3, -0.25) is 4.79 Å². The number of carbonyl (C=O) groups excluding carboxylic acids is 1. The fourth-order valence-electron chi connectivity index (χ4n) is 1.75. The number of ether oxygens (including phenoxy) is 1. The minimum absolute atomic E-state index is 0.0893. The molecular weight excluding hydrogens is 202 g/mol. The largest absolute Gasteiger partial charge is 0.372 e.